The highest BCUT2D eigenvalue weighted by atomic mass is 32.2. The third-order valence-corrected chi connectivity index (χ3v) is 5.08. The largest absolute Gasteiger partial charge is 0.296 e. The van der Waals surface area contributed by atoms with Crippen LogP contribution in [0.15, 0.2) is 65.6 Å². The van der Waals surface area contributed by atoms with E-state index in [0.717, 1.165) is 12.1 Å². The molecule has 0 bridgehead atoms. The Morgan fingerprint density at radius 3 is 2.22 bits per heavy atom. The molecule has 0 heterocycles. The minimum atomic E-state index is -3.14. The molecule has 0 N–H and O–H groups in total. The second-order valence-corrected chi connectivity index (χ2v) is 7.79. The van der Waals surface area contributed by atoms with Crippen molar-refractivity contribution in [2.45, 2.75) is 17.9 Å². The zero-order valence-electron chi connectivity index (χ0n) is 13.8. The lowest BCUT2D eigenvalue weighted by Gasteiger charge is -2.23. The second-order valence-electron chi connectivity index (χ2n) is 5.77. The normalized spacial score (nSPS) is 13.6. The van der Waals surface area contributed by atoms with Gasteiger partial charge in [0.2, 0.25) is 0 Å². The standard InChI is InChI=1S/C19H23NO2S/c1-16(18-11-13-19(14-12-18)23(3,21)22)20(2)15-7-10-17-8-5-4-6-9-17/h4-14,16H,15H2,1-3H3/b10-7+. The number of sulfone groups is 1. The molecule has 1 atom stereocenters. The summed E-state index contributed by atoms with van der Waals surface area (Å²) in [4.78, 5) is 2.58. The summed E-state index contributed by atoms with van der Waals surface area (Å²) in [5.41, 5.74) is 2.29. The van der Waals surface area contributed by atoms with Crippen LogP contribution in [0.25, 0.3) is 6.08 Å². The van der Waals surface area contributed by atoms with Crippen LogP contribution < -0.4 is 0 Å². The van der Waals surface area contributed by atoms with Gasteiger partial charge in [-0.3, -0.25) is 4.90 Å². The van der Waals surface area contributed by atoms with E-state index in [2.05, 4.69) is 43.2 Å². The maximum Gasteiger partial charge on any atom is 0.175 e. The molecule has 0 spiro atoms. The average molecular weight is 329 g/mol. The molecular weight excluding hydrogens is 306 g/mol. The van der Waals surface area contributed by atoms with Gasteiger partial charge in [0.1, 0.15) is 0 Å². The zero-order chi connectivity index (χ0) is 16.9. The maximum atomic E-state index is 11.5. The molecule has 0 amide bonds. The van der Waals surface area contributed by atoms with Crippen LogP contribution in [-0.2, 0) is 9.84 Å². The first-order valence-corrected chi connectivity index (χ1v) is 9.49. The van der Waals surface area contributed by atoms with Crippen LogP contribution in [0.2, 0.25) is 0 Å². The number of rotatable bonds is 6. The predicted molar refractivity (Wildman–Crippen MR) is 96.1 cm³/mol. The van der Waals surface area contributed by atoms with E-state index in [4.69, 9.17) is 0 Å². The first-order valence-electron chi connectivity index (χ1n) is 7.60. The van der Waals surface area contributed by atoms with Crippen molar-refractivity contribution >= 4 is 15.9 Å². The van der Waals surface area contributed by atoms with Gasteiger partial charge in [0.25, 0.3) is 0 Å². The number of nitrogens with zero attached hydrogens (tertiary/aromatic N) is 1. The Morgan fingerprint density at radius 1 is 1.04 bits per heavy atom. The molecule has 0 aliphatic heterocycles. The van der Waals surface area contributed by atoms with Crippen LogP contribution in [0.1, 0.15) is 24.1 Å². The second kappa shape index (κ2) is 7.57. The summed E-state index contributed by atoms with van der Waals surface area (Å²) in [6, 6.07) is 17.5. The highest BCUT2D eigenvalue weighted by Crippen LogP contribution is 2.20. The highest BCUT2D eigenvalue weighted by Gasteiger charge is 2.12. The monoisotopic (exact) mass is 329 g/mol. The Bertz CT molecular complexity index is 750. The molecular formula is C19H23NO2S. The number of hydrogen-bond donors (Lipinski definition) is 0. The smallest absolute Gasteiger partial charge is 0.175 e. The van der Waals surface area contributed by atoms with Crippen LogP contribution in [0.3, 0.4) is 0 Å². The molecule has 3 nitrogen and oxygen atoms in total. The Morgan fingerprint density at radius 2 is 1.65 bits per heavy atom. The van der Waals surface area contributed by atoms with Gasteiger partial charge in [-0.1, -0.05) is 54.6 Å². The first kappa shape index (κ1) is 17.4. The lowest BCUT2D eigenvalue weighted by molar-refractivity contribution is 0.290. The molecule has 0 aromatic heterocycles. The molecule has 2 aromatic rings. The van der Waals surface area contributed by atoms with E-state index in [9.17, 15) is 8.42 Å². The fraction of sp³-hybridized carbons (Fsp3) is 0.263. The summed E-state index contributed by atoms with van der Waals surface area (Å²) in [5, 5.41) is 0. The van der Waals surface area contributed by atoms with Gasteiger partial charge in [-0.2, -0.15) is 0 Å². The summed E-state index contributed by atoms with van der Waals surface area (Å²) in [7, 11) is -1.08. The van der Waals surface area contributed by atoms with E-state index in [1.807, 2.05) is 30.3 Å². The topological polar surface area (TPSA) is 37.4 Å². The van der Waals surface area contributed by atoms with E-state index >= 15 is 0 Å². The Balaban J connectivity index is 1.99. The van der Waals surface area contributed by atoms with Crippen molar-refractivity contribution < 1.29 is 8.42 Å². The maximum absolute atomic E-state index is 11.5. The zero-order valence-corrected chi connectivity index (χ0v) is 14.6. The number of likely N-dealkylation sites (N-methyl/N-ethyl adjacent to an activating group) is 1. The quantitative estimate of drug-likeness (QED) is 0.809. The Kier molecular flexibility index (Phi) is 5.74. The molecule has 0 saturated heterocycles. The van der Waals surface area contributed by atoms with Gasteiger partial charge in [-0.25, -0.2) is 8.42 Å². The predicted octanol–water partition coefficient (Wildman–Crippen LogP) is 3.80. The lowest BCUT2D eigenvalue weighted by atomic mass is 10.1. The van der Waals surface area contributed by atoms with Crippen molar-refractivity contribution in [2.75, 3.05) is 19.8 Å². The lowest BCUT2D eigenvalue weighted by Crippen LogP contribution is -2.22. The Labute approximate surface area is 139 Å². The van der Waals surface area contributed by atoms with Crippen LogP contribution in [-0.4, -0.2) is 33.2 Å². The van der Waals surface area contributed by atoms with Gasteiger partial charge < -0.3 is 0 Å². The third-order valence-electron chi connectivity index (χ3n) is 3.96. The molecule has 0 aliphatic rings. The SMILES string of the molecule is CC(c1ccc(S(C)(=O)=O)cc1)N(C)C/C=C/c1ccccc1. The average Bonchev–Trinajstić information content (AvgIpc) is 2.54. The molecule has 23 heavy (non-hydrogen) atoms. The molecule has 2 aromatic carbocycles. The molecule has 4 heteroatoms. The van der Waals surface area contributed by atoms with Crippen LogP contribution in [0.5, 0.6) is 0 Å². The molecule has 0 radical (unpaired) electrons. The molecule has 0 fully saturated rings. The summed E-state index contributed by atoms with van der Waals surface area (Å²) in [6.07, 6.45) is 5.47. The molecule has 1 unspecified atom stereocenters. The molecule has 0 aliphatic carbocycles. The van der Waals surface area contributed by atoms with Gasteiger partial charge >= 0.3 is 0 Å². The Hall–Kier alpha value is -1.91. The van der Waals surface area contributed by atoms with Crippen LogP contribution in [0.4, 0.5) is 0 Å². The van der Waals surface area contributed by atoms with Crippen molar-refractivity contribution in [3.8, 4) is 0 Å². The molecule has 2 rings (SSSR count). The van der Waals surface area contributed by atoms with E-state index in [1.165, 1.54) is 11.8 Å². The summed E-state index contributed by atoms with van der Waals surface area (Å²) in [5.74, 6) is 0. The van der Waals surface area contributed by atoms with E-state index in [0.29, 0.717) is 4.90 Å². The van der Waals surface area contributed by atoms with E-state index in [1.54, 1.807) is 12.1 Å². The van der Waals surface area contributed by atoms with Crippen LogP contribution in [0, 0.1) is 0 Å². The van der Waals surface area contributed by atoms with Crippen molar-refractivity contribution in [3.63, 3.8) is 0 Å². The summed E-state index contributed by atoms with van der Waals surface area (Å²) < 4.78 is 23.0. The van der Waals surface area contributed by atoms with E-state index in [-0.39, 0.29) is 6.04 Å². The van der Waals surface area contributed by atoms with Gasteiger partial charge in [-0.15, -0.1) is 0 Å². The van der Waals surface area contributed by atoms with Gasteiger partial charge in [0.15, 0.2) is 9.84 Å². The van der Waals surface area contributed by atoms with Gasteiger partial charge in [0.05, 0.1) is 4.90 Å². The van der Waals surface area contributed by atoms with Crippen molar-refractivity contribution in [1.29, 1.82) is 0 Å². The van der Waals surface area contributed by atoms with Gasteiger partial charge in [0, 0.05) is 18.8 Å². The minimum absolute atomic E-state index is 0.212. The van der Waals surface area contributed by atoms with Crippen LogP contribution >= 0.6 is 0 Å². The van der Waals surface area contributed by atoms with Gasteiger partial charge in [-0.05, 0) is 37.2 Å². The highest BCUT2D eigenvalue weighted by molar-refractivity contribution is 7.90. The fourth-order valence-corrected chi connectivity index (χ4v) is 2.96. The first-order chi connectivity index (χ1) is 10.9. The van der Waals surface area contributed by atoms with E-state index < -0.39 is 9.84 Å². The summed E-state index contributed by atoms with van der Waals surface area (Å²) >= 11 is 0. The van der Waals surface area contributed by atoms with Crippen molar-refractivity contribution in [1.82, 2.24) is 4.90 Å². The molecule has 0 saturated carbocycles. The molecule has 122 valence electrons. The third kappa shape index (κ3) is 5.05. The minimum Gasteiger partial charge on any atom is -0.296 e. The fourth-order valence-electron chi connectivity index (χ4n) is 2.33. The van der Waals surface area contributed by atoms with Crippen molar-refractivity contribution in [2.24, 2.45) is 0 Å². The summed E-state index contributed by atoms with van der Waals surface area (Å²) in [6.45, 7) is 2.94. The number of benzene rings is 2. The van der Waals surface area contributed by atoms with Crippen molar-refractivity contribution in [3.05, 3.63) is 71.8 Å². The number of hydrogen-bond acceptors (Lipinski definition) is 3.